The summed E-state index contributed by atoms with van der Waals surface area (Å²) in [6.45, 7) is 1.35. The lowest BCUT2D eigenvalue weighted by Gasteiger charge is -2.36. The first-order chi connectivity index (χ1) is 16.7. The molecule has 35 heavy (non-hydrogen) atoms. The Morgan fingerprint density at radius 3 is 2.31 bits per heavy atom. The SMILES string of the molecule is O=C(c1ccc2c(c1)C(=O)N(Cc1ccco1)C2=O)N1CCN(c2cccc(C(F)(F)F)c2)CC1. The van der Waals surface area contributed by atoms with E-state index in [9.17, 15) is 27.6 Å². The summed E-state index contributed by atoms with van der Waals surface area (Å²) >= 11 is 0. The first kappa shape index (κ1) is 22.7. The number of hydrogen-bond donors (Lipinski definition) is 0. The predicted molar refractivity (Wildman–Crippen MR) is 119 cm³/mol. The highest BCUT2D eigenvalue weighted by atomic mass is 19.4. The van der Waals surface area contributed by atoms with Crippen LogP contribution in [0.3, 0.4) is 0 Å². The molecule has 2 aliphatic heterocycles. The molecule has 10 heteroatoms. The molecule has 7 nitrogen and oxygen atoms in total. The van der Waals surface area contributed by atoms with Crippen LogP contribution < -0.4 is 4.90 Å². The van der Waals surface area contributed by atoms with Crippen molar-refractivity contribution in [1.82, 2.24) is 9.80 Å². The Morgan fingerprint density at radius 1 is 0.886 bits per heavy atom. The zero-order valence-electron chi connectivity index (χ0n) is 18.4. The summed E-state index contributed by atoms with van der Waals surface area (Å²) in [6, 6.07) is 12.9. The number of imide groups is 1. The number of furan rings is 1. The van der Waals surface area contributed by atoms with Crippen LogP contribution in [0.5, 0.6) is 0 Å². The van der Waals surface area contributed by atoms with E-state index in [1.54, 1.807) is 28.0 Å². The molecular formula is C25H20F3N3O4. The summed E-state index contributed by atoms with van der Waals surface area (Å²) in [5.41, 5.74) is 0.400. The number of rotatable bonds is 4. The van der Waals surface area contributed by atoms with Crippen molar-refractivity contribution in [2.75, 3.05) is 31.1 Å². The molecule has 5 rings (SSSR count). The fourth-order valence-corrected chi connectivity index (χ4v) is 4.35. The number of alkyl halides is 3. The van der Waals surface area contributed by atoms with Gasteiger partial charge in [-0.05, 0) is 48.5 Å². The zero-order chi connectivity index (χ0) is 24.7. The molecule has 0 N–H and O–H groups in total. The molecule has 0 aliphatic carbocycles. The molecule has 1 aromatic heterocycles. The molecule has 0 radical (unpaired) electrons. The van der Waals surface area contributed by atoms with Crippen LogP contribution in [-0.4, -0.2) is 53.7 Å². The van der Waals surface area contributed by atoms with Gasteiger partial charge in [-0.1, -0.05) is 6.07 Å². The van der Waals surface area contributed by atoms with Crippen molar-refractivity contribution in [2.45, 2.75) is 12.7 Å². The Hall–Kier alpha value is -4.08. The van der Waals surface area contributed by atoms with Gasteiger partial charge in [0.2, 0.25) is 0 Å². The van der Waals surface area contributed by atoms with Crippen molar-refractivity contribution >= 4 is 23.4 Å². The van der Waals surface area contributed by atoms with Crippen molar-refractivity contribution < 1.29 is 32.0 Å². The first-order valence-corrected chi connectivity index (χ1v) is 11.0. The highest BCUT2D eigenvalue weighted by molar-refractivity contribution is 6.22. The number of amides is 3. The number of carbonyl (C=O) groups is 3. The largest absolute Gasteiger partial charge is 0.467 e. The van der Waals surface area contributed by atoms with Gasteiger partial charge in [0.1, 0.15) is 5.76 Å². The van der Waals surface area contributed by atoms with Crippen LogP contribution in [0, 0.1) is 0 Å². The monoisotopic (exact) mass is 483 g/mol. The van der Waals surface area contributed by atoms with E-state index in [2.05, 4.69) is 0 Å². The lowest BCUT2D eigenvalue weighted by molar-refractivity contribution is -0.137. The van der Waals surface area contributed by atoms with Crippen LogP contribution in [0.25, 0.3) is 0 Å². The Labute approximate surface area is 198 Å². The minimum absolute atomic E-state index is 0.000124. The van der Waals surface area contributed by atoms with Crippen LogP contribution in [0.1, 0.15) is 42.4 Å². The molecule has 3 amide bonds. The normalized spacial score (nSPS) is 16.1. The summed E-state index contributed by atoms with van der Waals surface area (Å²) < 4.78 is 44.3. The number of anilines is 1. The maximum Gasteiger partial charge on any atom is 0.416 e. The third-order valence-electron chi connectivity index (χ3n) is 6.22. The average molecular weight is 483 g/mol. The van der Waals surface area contributed by atoms with Crippen LogP contribution in [0.15, 0.2) is 65.3 Å². The Kier molecular flexibility index (Phi) is 5.58. The predicted octanol–water partition coefficient (Wildman–Crippen LogP) is 4.06. The second kappa shape index (κ2) is 8.61. The lowest BCUT2D eigenvalue weighted by Crippen LogP contribution is -2.48. The van der Waals surface area contributed by atoms with Gasteiger partial charge in [0, 0.05) is 37.4 Å². The van der Waals surface area contributed by atoms with Crippen molar-refractivity contribution in [3.63, 3.8) is 0 Å². The second-order valence-electron chi connectivity index (χ2n) is 8.36. The quantitative estimate of drug-likeness (QED) is 0.524. The highest BCUT2D eigenvalue weighted by Crippen LogP contribution is 2.32. The summed E-state index contributed by atoms with van der Waals surface area (Å²) in [7, 11) is 0. The molecule has 2 aromatic carbocycles. The molecule has 0 spiro atoms. The van der Waals surface area contributed by atoms with Crippen LogP contribution in [0.4, 0.5) is 18.9 Å². The molecular weight excluding hydrogens is 463 g/mol. The van der Waals surface area contributed by atoms with E-state index >= 15 is 0 Å². The van der Waals surface area contributed by atoms with Gasteiger partial charge in [-0.3, -0.25) is 19.3 Å². The van der Waals surface area contributed by atoms with E-state index in [1.165, 1.54) is 30.5 Å². The maximum absolute atomic E-state index is 13.1. The number of piperazine rings is 1. The maximum atomic E-state index is 13.1. The van der Waals surface area contributed by atoms with Gasteiger partial charge in [-0.25, -0.2) is 0 Å². The van der Waals surface area contributed by atoms with Crippen LogP contribution >= 0.6 is 0 Å². The van der Waals surface area contributed by atoms with Gasteiger partial charge in [0.15, 0.2) is 0 Å². The zero-order valence-corrected chi connectivity index (χ0v) is 18.4. The number of benzene rings is 2. The third-order valence-corrected chi connectivity index (χ3v) is 6.22. The van der Waals surface area contributed by atoms with Crippen molar-refractivity contribution in [2.24, 2.45) is 0 Å². The number of fused-ring (bicyclic) bond motifs is 1. The standard InChI is InChI=1S/C25H20F3N3O4/c26-25(27,28)17-3-1-4-18(14-17)29-8-10-30(11-9-29)22(32)16-6-7-20-21(13-16)24(34)31(23(20)33)15-19-5-2-12-35-19/h1-7,12-14H,8-11,15H2. The van der Waals surface area contributed by atoms with Crippen LogP contribution in [0.2, 0.25) is 0 Å². The van der Waals surface area contributed by atoms with Crippen molar-refractivity contribution in [3.05, 3.63) is 88.9 Å². The van der Waals surface area contributed by atoms with Gasteiger partial charge in [-0.2, -0.15) is 13.2 Å². The summed E-state index contributed by atoms with van der Waals surface area (Å²) in [5, 5.41) is 0. The summed E-state index contributed by atoms with van der Waals surface area (Å²) in [6.07, 6.45) is -2.97. The molecule has 3 heterocycles. The van der Waals surface area contributed by atoms with Gasteiger partial charge >= 0.3 is 6.18 Å². The molecule has 1 saturated heterocycles. The molecule has 180 valence electrons. The number of carbonyl (C=O) groups excluding carboxylic acids is 3. The van der Waals surface area contributed by atoms with E-state index in [0.29, 0.717) is 37.6 Å². The fraction of sp³-hybridized carbons (Fsp3) is 0.240. The topological polar surface area (TPSA) is 74.1 Å². The van der Waals surface area contributed by atoms with E-state index in [-0.39, 0.29) is 29.1 Å². The minimum Gasteiger partial charge on any atom is -0.467 e. The van der Waals surface area contributed by atoms with Gasteiger partial charge in [0.05, 0.1) is 29.5 Å². The fourth-order valence-electron chi connectivity index (χ4n) is 4.35. The van der Waals surface area contributed by atoms with Gasteiger partial charge in [-0.15, -0.1) is 0 Å². The number of nitrogens with zero attached hydrogens (tertiary/aromatic N) is 3. The van der Waals surface area contributed by atoms with Gasteiger partial charge < -0.3 is 14.2 Å². The second-order valence-corrected chi connectivity index (χ2v) is 8.36. The smallest absolute Gasteiger partial charge is 0.416 e. The molecule has 3 aromatic rings. The molecule has 0 saturated carbocycles. The molecule has 2 aliphatic rings. The average Bonchev–Trinajstić information content (AvgIpc) is 3.46. The van der Waals surface area contributed by atoms with Crippen molar-refractivity contribution in [3.8, 4) is 0 Å². The molecule has 0 atom stereocenters. The Morgan fingerprint density at radius 2 is 1.63 bits per heavy atom. The van der Waals surface area contributed by atoms with E-state index in [0.717, 1.165) is 17.0 Å². The first-order valence-electron chi connectivity index (χ1n) is 11.0. The molecule has 1 fully saturated rings. The molecule has 0 bridgehead atoms. The third kappa shape index (κ3) is 4.27. The Bertz CT molecular complexity index is 1300. The molecule has 0 unspecified atom stereocenters. The number of halogens is 3. The van der Waals surface area contributed by atoms with Crippen LogP contribution in [-0.2, 0) is 12.7 Å². The minimum atomic E-state index is -4.42. The van der Waals surface area contributed by atoms with E-state index in [1.807, 2.05) is 0 Å². The lowest BCUT2D eigenvalue weighted by atomic mass is 10.0. The summed E-state index contributed by atoms with van der Waals surface area (Å²) in [4.78, 5) is 43.1. The van der Waals surface area contributed by atoms with Gasteiger partial charge in [0.25, 0.3) is 17.7 Å². The summed E-state index contributed by atoms with van der Waals surface area (Å²) in [5.74, 6) is -0.781. The van der Waals surface area contributed by atoms with Crippen molar-refractivity contribution in [1.29, 1.82) is 0 Å². The van der Waals surface area contributed by atoms with E-state index in [4.69, 9.17) is 4.42 Å². The van der Waals surface area contributed by atoms with E-state index < -0.39 is 23.6 Å². The highest BCUT2D eigenvalue weighted by Gasteiger charge is 2.37. The Balaban J connectivity index is 1.27. The number of hydrogen-bond acceptors (Lipinski definition) is 5.